The Morgan fingerprint density at radius 1 is 0.619 bits per heavy atom. The molecule has 0 amide bonds. The Morgan fingerprint density at radius 2 is 1.19 bits per heavy atom. The van der Waals surface area contributed by atoms with Gasteiger partial charge in [-0.05, 0) is 55.5 Å². The highest BCUT2D eigenvalue weighted by molar-refractivity contribution is 9.10. The Hall–Kier alpha value is -11.5. The molecule has 3 aliphatic heterocycles. The molecule has 0 aliphatic carbocycles. The SMILES string of the molecule is CC(C=Cc1ccccc1)=CC(O)C1CC(O)=NC(CO)C(O)=NC2C[n+]3cc(n(C4OCC(O)C(O)C4O)c3)CC(N=C(O)CCCC(C(=O)O)N=C(O)C(O)CN=C(O)C(C(C)c3ccc(Br)cc3)N=C(O)C(C(O)C(=N)O)N=C(O)C(CC(=N)O)N=C2O)C(O)=NC(C(C)O)C(O)=NC(CO)C(O)=NC(Cc2ccccc2)C(O)=N1. The number of benzene rings is 3. The summed E-state index contributed by atoms with van der Waals surface area (Å²) in [5.41, 5.74) is 1.59. The minimum absolute atomic E-state index is 0.268. The number of carboxylic acids is 1. The van der Waals surface area contributed by atoms with Crippen LogP contribution in [0.25, 0.3) is 6.08 Å². The topological polar surface area (TPSA) is 717 Å². The van der Waals surface area contributed by atoms with E-state index < -0.39 is 281 Å². The molecule has 4 aromatic rings. The smallest absolute Gasteiger partial charge is 0.328 e. The van der Waals surface area contributed by atoms with Crippen molar-refractivity contribution in [2.45, 2.75) is 194 Å². The summed E-state index contributed by atoms with van der Waals surface area (Å²) < 4.78 is 8.46. The Labute approximate surface area is 681 Å². The van der Waals surface area contributed by atoms with Gasteiger partial charge in [-0.1, -0.05) is 119 Å². The first-order chi connectivity index (χ1) is 55.9. The zero-order valence-corrected chi connectivity index (χ0v) is 65.3. The Kier molecular flexibility index (Phi) is 35.0. The molecule has 43 heteroatoms. The quantitative estimate of drug-likeness (QED) is 0.0312. The highest BCUT2D eigenvalue weighted by Gasteiger charge is 2.44. The molecule has 0 saturated carbocycles. The summed E-state index contributed by atoms with van der Waals surface area (Å²) in [6, 6.07) is 0.319. The van der Waals surface area contributed by atoms with Gasteiger partial charge in [-0.2, -0.15) is 0 Å². The normalized spacial score (nSPS) is 28.0. The van der Waals surface area contributed by atoms with Crippen LogP contribution in [-0.2, 0) is 28.9 Å². The third kappa shape index (κ3) is 27.0. The van der Waals surface area contributed by atoms with E-state index in [1.54, 1.807) is 91.9 Å². The van der Waals surface area contributed by atoms with Gasteiger partial charge in [0.25, 0.3) is 0 Å². The molecule has 118 heavy (non-hydrogen) atoms. The van der Waals surface area contributed by atoms with Crippen molar-refractivity contribution < 1.29 is 137 Å². The number of nitrogens with zero attached hydrogens (tertiary/aromatic N) is 14. The van der Waals surface area contributed by atoms with Gasteiger partial charge in [0.15, 0.2) is 60.0 Å². The molecule has 3 aromatic carbocycles. The number of aromatic nitrogens is 2. The molecule has 20 unspecified atom stereocenters. The second kappa shape index (κ2) is 44.2. The lowest BCUT2D eigenvalue weighted by atomic mass is 9.93. The number of carboxylic acid groups (broad SMARTS) is 1. The number of imidazole rings is 1. The Bertz CT molecular complexity index is 4540. The summed E-state index contributed by atoms with van der Waals surface area (Å²) in [4.78, 5) is 61.6. The lowest BCUT2D eigenvalue weighted by molar-refractivity contribution is -0.696. The van der Waals surface area contributed by atoms with Crippen LogP contribution in [0.5, 0.6) is 0 Å². The van der Waals surface area contributed by atoms with Gasteiger partial charge in [0.2, 0.25) is 77.4 Å². The summed E-state index contributed by atoms with van der Waals surface area (Å²) in [5, 5.41) is 292. The summed E-state index contributed by atoms with van der Waals surface area (Å²) in [6.45, 7) is -1.16. The molecule has 0 radical (unpaired) electrons. The van der Waals surface area contributed by atoms with Crippen molar-refractivity contribution in [1.82, 2.24) is 4.57 Å². The van der Waals surface area contributed by atoms with Crippen molar-refractivity contribution in [1.29, 1.82) is 10.8 Å². The molecule has 3 aliphatic rings. The number of rotatable bonds is 17. The first-order valence-corrected chi connectivity index (χ1v) is 37.5. The molecule has 7 rings (SSSR count). The standard InChI is InChI=1S/C75H97BrN16O26/c1-35(17-18-38-11-6-4-7-12-38)23-51(96)44-27-56(101)81-49(31-93)68(110)86-48-30-91-29-42(92(34-91)74-62(104)60(102)53(98)33-118-74)25-46(65(107)89-58(37(3)95)72(114)87-50(32-94)69(111)84-45(64(106)83-44)24-39-13-8-5-9-14-39)80-55(100)16-10-15-43(75(116)117)82-70(112)52(97)28-79-71(113)57(36(2)40-19-21-41(76)22-20-40)88-73(115)59(61(103)63(78)105)90-66(108)47(26-54(77)99)85-67(48)109/h4-9,11-14,17-23,29,34,36-37,43-53,57-62,74,93-98,102-104H,10,15-16,24-28,30-33H2,1-3H3,(H16-,77,78,79,80,81,82,83,84,85,86,87,88,89,90,99,100,101,105,106,107,108,109,110,111,112,113,114,115,116,117)/p+1. The van der Waals surface area contributed by atoms with E-state index in [2.05, 4.69) is 75.8 Å². The third-order valence-corrected chi connectivity index (χ3v) is 19.1. The van der Waals surface area contributed by atoms with Crippen molar-refractivity contribution in [3.63, 3.8) is 0 Å². The number of aliphatic imine (C=N–C) groups is 12. The van der Waals surface area contributed by atoms with E-state index >= 15 is 0 Å². The number of nitrogens with one attached hydrogen (secondary N) is 2. The van der Waals surface area contributed by atoms with Gasteiger partial charge in [-0.3, -0.25) is 15.8 Å². The van der Waals surface area contributed by atoms with E-state index in [-0.39, 0.29) is 12.1 Å². The van der Waals surface area contributed by atoms with E-state index in [1.807, 2.05) is 0 Å². The number of hydrogen-bond acceptors (Lipinski definition) is 25. The zero-order valence-electron chi connectivity index (χ0n) is 63.7. The summed E-state index contributed by atoms with van der Waals surface area (Å²) >= 11 is 3.31. The first-order valence-electron chi connectivity index (χ1n) is 36.7. The van der Waals surface area contributed by atoms with Crippen molar-refractivity contribution in [3.8, 4) is 0 Å². The van der Waals surface area contributed by atoms with Crippen LogP contribution in [0.15, 0.2) is 180 Å². The van der Waals surface area contributed by atoms with Crippen LogP contribution >= 0.6 is 15.9 Å². The summed E-state index contributed by atoms with van der Waals surface area (Å²) in [7, 11) is 0. The average Bonchev–Trinajstić information content (AvgIpc) is 1.60. The highest BCUT2D eigenvalue weighted by Crippen LogP contribution is 2.29. The number of allylic oxidation sites excluding steroid dienone is 2. The molecule has 1 fully saturated rings. The lowest BCUT2D eigenvalue weighted by Crippen LogP contribution is -2.51. The molecular weight excluding hydrogens is 1620 g/mol. The van der Waals surface area contributed by atoms with Gasteiger partial charge in [0.05, 0.1) is 51.0 Å². The minimum Gasteiger partial charge on any atom is -0.497 e. The predicted molar refractivity (Wildman–Crippen MR) is 436 cm³/mol. The second-order valence-electron chi connectivity index (χ2n) is 27.7. The van der Waals surface area contributed by atoms with Gasteiger partial charge in [0.1, 0.15) is 67.0 Å². The third-order valence-electron chi connectivity index (χ3n) is 18.6. The number of ether oxygens (including phenoxy) is 1. The van der Waals surface area contributed by atoms with Crippen LogP contribution in [-0.4, -0.2) is 351 Å². The number of aliphatic hydroxyl groups is 23. The summed E-state index contributed by atoms with van der Waals surface area (Å²) in [6.07, 6.45) is -14.6. The van der Waals surface area contributed by atoms with Crippen molar-refractivity contribution in [2.75, 3.05) is 26.4 Å². The largest absolute Gasteiger partial charge is 0.497 e. The molecule has 4 heterocycles. The highest BCUT2D eigenvalue weighted by atomic mass is 79.9. The molecule has 4 bridgehead atoms. The fourth-order valence-electron chi connectivity index (χ4n) is 12.1. The molecule has 42 nitrogen and oxygen atoms in total. The van der Waals surface area contributed by atoms with E-state index in [0.29, 0.717) is 21.2 Å². The average molecular weight is 1720 g/mol. The molecule has 20 atom stereocenters. The number of aliphatic carboxylic acids is 1. The monoisotopic (exact) mass is 1720 g/mol. The fourth-order valence-corrected chi connectivity index (χ4v) is 12.3. The fraction of sp³-hybridized carbons (Fsp3) is 0.467. The van der Waals surface area contributed by atoms with Gasteiger partial charge in [-0.25, -0.2) is 68.8 Å². The predicted octanol–water partition coefficient (Wildman–Crippen LogP) is 2.51. The van der Waals surface area contributed by atoms with Crippen molar-refractivity contribution >= 4 is 111 Å². The van der Waals surface area contributed by atoms with Crippen LogP contribution in [0, 0.1) is 10.8 Å². The first kappa shape index (κ1) is 93.6. The van der Waals surface area contributed by atoms with Crippen molar-refractivity contribution in [2.24, 2.45) is 59.9 Å². The maximum absolute atomic E-state index is 12.8. The molecule has 1 aromatic heterocycles. The Balaban J connectivity index is 1.58. The number of aliphatic hydroxyl groups excluding tert-OH is 23. The van der Waals surface area contributed by atoms with Gasteiger partial charge >= 0.3 is 5.97 Å². The van der Waals surface area contributed by atoms with Crippen LogP contribution in [0.4, 0.5) is 0 Å². The van der Waals surface area contributed by atoms with Gasteiger partial charge in [0, 0.05) is 36.1 Å². The van der Waals surface area contributed by atoms with E-state index in [9.17, 15) is 127 Å². The maximum atomic E-state index is 12.8. The number of carbonyl (C=O) groups is 1. The molecule has 0 spiro atoms. The molecule has 640 valence electrons. The maximum Gasteiger partial charge on any atom is 0.328 e. The second-order valence-corrected chi connectivity index (χ2v) is 28.6. The lowest BCUT2D eigenvalue weighted by Gasteiger charge is -2.33. The van der Waals surface area contributed by atoms with Gasteiger partial charge in [-0.15, -0.1) is 0 Å². The summed E-state index contributed by atoms with van der Waals surface area (Å²) in [5.74, 6) is -20.5. The van der Waals surface area contributed by atoms with Crippen LogP contribution in [0.3, 0.4) is 0 Å². The van der Waals surface area contributed by atoms with E-state index in [4.69, 9.17) is 15.6 Å². The molecule has 26 N–H and O–H groups in total. The molecular formula is C75H98BrN16O26+. The van der Waals surface area contributed by atoms with Gasteiger partial charge < -0.3 is 127 Å². The van der Waals surface area contributed by atoms with Crippen LogP contribution in [0.2, 0.25) is 0 Å². The zero-order chi connectivity index (χ0) is 86.9. The minimum atomic E-state index is -2.71. The van der Waals surface area contributed by atoms with E-state index in [0.717, 1.165) is 34.1 Å². The van der Waals surface area contributed by atoms with Crippen LogP contribution in [0.1, 0.15) is 87.4 Å². The van der Waals surface area contributed by atoms with Crippen molar-refractivity contribution in [3.05, 3.63) is 142 Å². The molecule has 1 saturated heterocycles. The van der Waals surface area contributed by atoms with E-state index in [1.165, 1.54) is 25.1 Å². The number of hydrogen-bond donors (Lipinski definition) is 26. The number of fused-ring (bicyclic) bond motifs is 2. The Morgan fingerprint density at radius 3 is 1.82 bits per heavy atom. The van der Waals surface area contributed by atoms with Crippen LogP contribution < -0.4 is 4.57 Å². The number of halogens is 1.